The molecule has 1 fully saturated rings. The van der Waals surface area contributed by atoms with E-state index in [2.05, 4.69) is 36.5 Å². The average molecular weight is 248 g/mol. The molecule has 1 aliphatic heterocycles. The van der Waals surface area contributed by atoms with Gasteiger partial charge in [-0.2, -0.15) is 0 Å². The van der Waals surface area contributed by atoms with Crippen molar-refractivity contribution in [1.29, 1.82) is 0 Å². The van der Waals surface area contributed by atoms with Gasteiger partial charge >= 0.3 is 0 Å². The first-order valence-corrected chi connectivity index (χ1v) is 6.90. The molecule has 1 aromatic rings. The quantitative estimate of drug-likeness (QED) is 0.758. The minimum Gasteiger partial charge on any atom is -0.378 e. The Morgan fingerprint density at radius 3 is 2.83 bits per heavy atom. The van der Waals surface area contributed by atoms with Gasteiger partial charge in [0.15, 0.2) is 0 Å². The second kappa shape index (κ2) is 6.88. The van der Waals surface area contributed by atoms with Crippen LogP contribution in [0.4, 0.5) is 0 Å². The molecular formula is C15H24N2O. The Morgan fingerprint density at radius 1 is 1.39 bits per heavy atom. The second-order valence-electron chi connectivity index (χ2n) is 5.15. The molecule has 2 rings (SSSR count). The Morgan fingerprint density at radius 2 is 2.17 bits per heavy atom. The van der Waals surface area contributed by atoms with Crippen LogP contribution in [0, 0.1) is 6.92 Å². The summed E-state index contributed by atoms with van der Waals surface area (Å²) in [6, 6.07) is 8.53. The summed E-state index contributed by atoms with van der Waals surface area (Å²) in [6.07, 6.45) is 3.99. The van der Waals surface area contributed by atoms with Crippen molar-refractivity contribution in [3.05, 3.63) is 35.4 Å². The molecule has 3 nitrogen and oxygen atoms in total. The molecule has 0 aliphatic carbocycles. The lowest BCUT2D eigenvalue weighted by Gasteiger charge is -2.15. The zero-order valence-electron chi connectivity index (χ0n) is 11.2. The van der Waals surface area contributed by atoms with Gasteiger partial charge in [-0.1, -0.05) is 29.8 Å². The Balaban J connectivity index is 1.64. The summed E-state index contributed by atoms with van der Waals surface area (Å²) in [7, 11) is 0. The number of hydrogen-bond acceptors (Lipinski definition) is 3. The van der Waals surface area contributed by atoms with E-state index in [-0.39, 0.29) is 6.04 Å². The first-order chi connectivity index (χ1) is 8.75. The number of aryl methyl sites for hydroxylation is 1. The molecule has 0 amide bonds. The predicted molar refractivity (Wildman–Crippen MR) is 74.6 cm³/mol. The third-order valence-electron chi connectivity index (χ3n) is 3.54. The summed E-state index contributed by atoms with van der Waals surface area (Å²) in [6.45, 7) is 4.85. The molecule has 1 aliphatic rings. The number of nitrogens with two attached hydrogens (primary N) is 1. The van der Waals surface area contributed by atoms with Gasteiger partial charge in [0.05, 0.1) is 6.10 Å². The summed E-state index contributed by atoms with van der Waals surface area (Å²) in [5.41, 5.74) is 8.62. The van der Waals surface area contributed by atoms with Crippen molar-refractivity contribution in [2.24, 2.45) is 5.73 Å². The van der Waals surface area contributed by atoms with Crippen LogP contribution in [-0.2, 0) is 4.74 Å². The van der Waals surface area contributed by atoms with Crippen molar-refractivity contribution in [1.82, 2.24) is 5.32 Å². The molecule has 1 aromatic carbocycles. The highest BCUT2D eigenvalue weighted by Gasteiger charge is 2.14. The van der Waals surface area contributed by atoms with E-state index >= 15 is 0 Å². The monoisotopic (exact) mass is 248 g/mol. The van der Waals surface area contributed by atoms with Gasteiger partial charge in [0.1, 0.15) is 0 Å². The van der Waals surface area contributed by atoms with Crippen LogP contribution in [0.3, 0.4) is 0 Å². The standard InChI is InChI=1S/C15H24N2O/c1-12-4-6-13(7-5-12)15(16)11-17-9-8-14-3-2-10-18-14/h4-7,14-15,17H,2-3,8-11,16H2,1H3. The van der Waals surface area contributed by atoms with Crippen LogP contribution in [0.2, 0.25) is 0 Å². The molecule has 0 bridgehead atoms. The lowest BCUT2D eigenvalue weighted by Crippen LogP contribution is -2.29. The molecule has 1 heterocycles. The predicted octanol–water partition coefficient (Wildman–Crippen LogP) is 2.15. The van der Waals surface area contributed by atoms with Crippen LogP contribution in [0.1, 0.15) is 36.4 Å². The van der Waals surface area contributed by atoms with Crippen molar-refractivity contribution in [2.75, 3.05) is 19.7 Å². The van der Waals surface area contributed by atoms with E-state index in [0.717, 1.165) is 26.1 Å². The minimum absolute atomic E-state index is 0.0788. The highest BCUT2D eigenvalue weighted by atomic mass is 16.5. The topological polar surface area (TPSA) is 47.3 Å². The second-order valence-corrected chi connectivity index (χ2v) is 5.15. The van der Waals surface area contributed by atoms with Gasteiger partial charge < -0.3 is 15.8 Å². The number of hydrogen-bond donors (Lipinski definition) is 2. The van der Waals surface area contributed by atoms with Crippen molar-refractivity contribution in [3.8, 4) is 0 Å². The minimum atomic E-state index is 0.0788. The summed E-state index contributed by atoms with van der Waals surface area (Å²) < 4.78 is 5.59. The van der Waals surface area contributed by atoms with Gasteiger partial charge in [-0.25, -0.2) is 0 Å². The molecule has 100 valence electrons. The van der Waals surface area contributed by atoms with Gasteiger partial charge in [0.25, 0.3) is 0 Å². The van der Waals surface area contributed by atoms with Gasteiger partial charge in [0.2, 0.25) is 0 Å². The van der Waals surface area contributed by atoms with E-state index in [0.29, 0.717) is 6.10 Å². The fourth-order valence-corrected chi connectivity index (χ4v) is 2.32. The number of rotatable bonds is 6. The van der Waals surface area contributed by atoms with Gasteiger partial charge in [-0.05, 0) is 38.3 Å². The van der Waals surface area contributed by atoms with E-state index in [9.17, 15) is 0 Å². The fourth-order valence-electron chi connectivity index (χ4n) is 2.32. The highest BCUT2D eigenvalue weighted by molar-refractivity contribution is 5.23. The van der Waals surface area contributed by atoms with Crippen LogP contribution in [0.15, 0.2) is 24.3 Å². The van der Waals surface area contributed by atoms with E-state index in [1.54, 1.807) is 0 Å². The number of benzene rings is 1. The third kappa shape index (κ3) is 4.09. The number of nitrogens with one attached hydrogen (secondary N) is 1. The van der Waals surface area contributed by atoms with Gasteiger partial charge in [0, 0.05) is 19.2 Å². The maximum Gasteiger partial charge on any atom is 0.0588 e. The van der Waals surface area contributed by atoms with Gasteiger partial charge in [-0.3, -0.25) is 0 Å². The Labute approximate surface area is 110 Å². The van der Waals surface area contributed by atoms with E-state index in [1.807, 2.05) is 0 Å². The van der Waals surface area contributed by atoms with E-state index < -0.39 is 0 Å². The van der Waals surface area contributed by atoms with Crippen LogP contribution in [-0.4, -0.2) is 25.8 Å². The van der Waals surface area contributed by atoms with Crippen molar-refractivity contribution in [2.45, 2.75) is 38.3 Å². The maximum atomic E-state index is 6.15. The zero-order chi connectivity index (χ0) is 12.8. The van der Waals surface area contributed by atoms with Crippen LogP contribution in [0.25, 0.3) is 0 Å². The highest BCUT2D eigenvalue weighted by Crippen LogP contribution is 2.14. The average Bonchev–Trinajstić information content (AvgIpc) is 2.88. The molecule has 3 N–H and O–H groups in total. The molecule has 0 saturated carbocycles. The number of ether oxygens (including phenoxy) is 1. The lowest BCUT2D eigenvalue weighted by atomic mass is 10.1. The summed E-state index contributed by atoms with van der Waals surface area (Å²) in [5, 5.41) is 3.42. The molecule has 3 heteroatoms. The molecular weight excluding hydrogens is 224 g/mol. The van der Waals surface area contributed by atoms with Crippen molar-refractivity contribution < 1.29 is 4.74 Å². The largest absolute Gasteiger partial charge is 0.378 e. The van der Waals surface area contributed by atoms with Crippen LogP contribution >= 0.6 is 0 Å². The third-order valence-corrected chi connectivity index (χ3v) is 3.54. The van der Waals surface area contributed by atoms with Gasteiger partial charge in [-0.15, -0.1) is 0 Å². The molecule has 0 aromatic heterocycles. The smallest absolute Gasteiger partial charge is 0.0588 e. The Hall–Kier alpha value is -0.900. The summed E-state index contributed by atoms with van der Waals surface area (Å²) in [5.74, 6) is 0. The normalized spacial score (nSPS) is 21.1. The first-order valence-electron chi connectivity index (χ1n) is 6.90. The van der Waals surface area contributed by atoms with E-state index in [1.165, 1.54) is 24.0 Å². The molecule has 0 radical (unpaired) electrons. The first kappa shape index (κ1) is 13.5. The Bertz CT molecular complexity index is 344. The molecule has 1 saturated heterocycles. The lowest BCUT2D eigenvalue weighted by molar-refractivity contribution is 0.104. The zero-order valence-corrected chi connectivity index (χ0v) is 11.2. The van der Waals surface area contributed by atoms with Crippen molar-refractivity contribution >= 4 is 0 Å². The van der Waals surface area contributed by atoms with Crippen molar-refractivity contribution in [3.63, 3.8) is 0 Å². The molecule has 2 atom stereocenters. The summed E-state index contributed by atoms with van der Waals surface area (Å²) >= 11 is 0. The molecule has 0 spiro atoms. The van der Waals surface area contributed by atoms with Crippen LogP contribution in [0.5, 0.6) is 0 Å². The maximum absolute atomic E-state index is 6.15. The Kier molecular flexibility index (Phi) is 5.17. The fraction of sp³-hybridized carbons (Fsp3) is 0.600. The van der Waals surface area contributed by atoms with Crippen LogP contribution < -0.4 is 11.1 Å². The van der Waals surface area contributed by atoms with E-state index in [4.69, 9.17) is 10.5 Å². The SMILES string of the molecule is Cc1ccc(C(N)CNCCC2CCCO2)cc1. The molecule has 2 unspecified atom stereocenters. The summed E-state index contributed by atoms with van der Waals surface area (Å²) in [4.78, 5) is 0. The molecule has 18 heavy (non-hydrogen) atoms.